The number of halogens is 1. The molecule has 0 radical (unpaired) electrons. The molecule has 1 aliphatic rings. The predicted octanol–water partition coefficient (Wildman–Crippen LogP) is 4.06. The summed E-state index contributed by atoms with van der Waals surface area (Å²) in [5.74, 6) is 0. The topological polar surface area (TPSA) is 3.24 Å². The van der Waals surface area contributed by atoms with Gasteiger partial charge < -0.3 is 4.90 Å². The van der Waals surface area contributed by atoms with Gasteiger partial charge >= 0.3 is 0 Å². The van der Waals surface area contributed by atoms with Gasteiger partial charge in [-0.15, -0.1) is 0 Å². The van der Waals surface area contributed by atoms with Gasteiger partial charge in [0.1, 0.15) is 0 Å². The molecular weight excluding hydrogens is 250 g/mol. The van der Waals surface area contributed by atoms with Gasteiger partial charge in [-0.2, -0.15) is 0 Å². The maximum atomic E-state index is 3.71. The van der Waals surface area contributed by atoms with Crippen LogP contribution in [0.3, 0.4) is 0 Å². The molecule has 0 aromatic rings. The average molecular weight is 276 g/mol. The zero-order chi connectivity index (χ0) is 11.1. The van der Waals surface area contributed by atoms with Gasteiger partial charge in [0.2, 0.25) is 0 Å². The molecule has 90 valence electrons. The maximum Gasteiger partial charge on any atom is 0.01000 e. The molecule has 1 heterocycles. The van der Waals surface area contributed by atoms with E-state index in [0.29, 0.717) is 5.41 Å². The highest BCUT2D eigenvalue weighted by atomic mass is 79.9. The van der Waals surface area contributed by atoms with Gasteiger partial charge in [0.15, 0.2) is 0 Å². The summed E-state index contributed by atoms with van der Waals surface area (Å²) in [6.07, 6.45) is 8.29. The number of hydrogen-bond donors (Lipinski definition) is 0. The van der Waals surface area contributed by atoms with Gasteiger partial charge in [0.05, 0.1) is 0 Å². The van der Waals surface area contributed by atoms with E-state index in [1.54, 1.807) is 0 Å². The Morgan fingerprint density at radius 1 is 1.00 bits per heavy atom. The lowest BCUT2D eigenvalue weighted by atomic mass is 9.84. The lowest BCUT2D eigenvalue weighted by molar-refractivity contribution is 0.163. The summed E-state index contributed by atoms with van der Waals surface area (Å²) in [4.78, 5) is 2.70. The summed E-state index contributed by atoms with van der Waals surface area (Å²) in [5.41, 5.74) is 0.518. The van der Waals surface area contributed by atoms with E-state index in [1.165, 1.54) is 58.2 Å². The van der Waals surface area contributed by atoms with Crippen molar-refractivity contribution in [2.75, 3.05) is 25.0 Å². The van der Waals surface area contributed by atoms with E-state index in [-0.39, 0.29) is 0 Å². The van der Waals surface area contributed by atoms with Crippen molar-refractivity contribution in [1.29, 1.82) is 0 Å². The van der Waals surface area contributed by atoms with Gasteiger partial charge in [-0.25, -0.2) is 0 Å². The van der Waals surface area contributed by atoms with Gasteiger partial charge in [-0.05, 0) is 44.2 Å². The second-order valence-electron chi connectivity index (χ2n) is 5.03. The second kappa shape index (κ2) is 6.90. The standard InChI is InChI=1S/C13H26BrN/c1-3-13(4-2,11-14)12-15-9-7-5-6-8-10-15/h3-12H2,1-2H3. The van der Waals surface area contributed by atoms with Crippen LogP contribution in [-0.2, 0) is 0 Å². The van der Waals surface area contributed by atoms with Gasteiger partial charge in [0, 0.05) is 11.9 Å². The van der Waals surface area contributed by atoms with E-state index < -0.39 is 0 Å². The van der Waals surface area contributed by atoms with E-state index in [1.807, 2.05) is 0 Å². The Morgan fingerprint density at radius 3 is 1.93 bits per heavy atom. The highest BCUT2D eigenvalue weighted by Crippen LogP contribution is 2.30. The summed E-state index contributed by atoms with van der Waals surface area (Å²) in [6.45, 7) is 8.62. The molecule has 0 aromatic heterocycles. The molecule has 15 heavy (non-hydrogen) atoms. The zero-order valence-electron chi connectivity index (χ0n) is 10.4. The van der Waals surface area contributed by atoms with Crippen LogP contribution in [0.5, 0.6) is 0 Å². The van der Waals surface area contributed by atoms with Crippen LogP contribution in [-0.4, -0.2) is 29.9 Å². The minimum absolute atomic E-state index is 0.518. The van der Waals surface area contributed by atoms with Gasteiger partial charge in [0.25, 0.3) is 0 Å². The van der Waals surface area contributed by atoms with Crippen molar-refractivity contribution >= 4 is 15.9 Å². The minimum Gasteiger partial charge on any atom is -0.303 e. The molecule has 0 unspecified atom stereocenters. The third kappa shape index (κ3) is 4.07. The third-order valence-corrected chi connectivity index (χ3v) is 5.23. The van der Waals surface area contributed by atoms with E-state index in [2.05, 4.69) is 34.7 Å². The summed E-state index contributed by atoms with van der Waals surface area (Å²) in [7, 11) is 0. The quantitative estimate of drug-likeness (QED) is 0.684. The molecule has 0 aromatic carbocycles. The number of alkyl halides is 1. The molecule has 0 aliphatic carbocycles. The van der Waals surface area contributed by atoms with Crippen LogP contribution in [0.4, 0.5) is 0 Å². The van der Waals surface area contributed by atoms with Crippen LogP contribution in [0.1, 0.15) is 52.4 Å². The molecule has 0 bridgehead atoms. The zero-order valence-corrected chi connectivity index (χ0v) is 12.0. The van der Waals surface area contributed by atoms with Crippen LogP contribution in [0.15, 0.2) is 0 Å². The summed E-state index contributed by atoms with van der Waals surface area (Å²) in [6, 6.07) is 0. The van der Waals surface area contributed by atoms with E-state index >= 15 is 0 Å². The third-order valence-electron chi connectivity index (χ3n) is 4.04. The normalized spacial score (nSPS) is 20.2. The van der Waals surface area contributed by atoms with Crippen molar-refractivity contribution in [1.82, 2.24) is 4.90 Å². The van der Waals surface area contributed by atoms with Crippen LogP contribution in [0.25, 0.3) is 0 Å². The van der Waals surface area contributed by atoms with Crippen LogP contribution < -0.4 is 0 Å². The molecule has 0 N–H and O–H groups in total. The Balaban J connectivity index is 2.48. The lowest BCUT2D eigenvalue weighted by Gasteiger charge is -2.35. The number of hydrogen-bond acceptors (Lipinski definition) is 1. The van der Waals surface area contributed by atoms with E-state index in [0.717, 1.165) is 5.33 Å². The number of likely N-dealkylation sites (tertiary alicyclic amines) is 1. The number of nitrogens with zero attached hydrogens (tertiary/aromatic N) is 1. The molecule has 1 nitrogen and oxygen atoms in total. The first-order valence-corrected chi connectivity index (χ1v) is 7.67. The molecule has 0 atom stereocenters. The molecule has 1 saturated heterocycles. The van der Waals surface area contributed by atoms with Crippen molar-refractivity contribution < 1.29 is 0 Å². The fourth-order valence-corrected chi connectivity index (χ4v) is 3.44. The fourth-order valence-electron chi connectivity index (χ4n) is 2.47. The molecule has 0 spiro atoms. The Hall–Kier alpha value is 0.440. The van der Waals surface area contributed by atoms with Crippen LogP contribution in [0, 0.1) is 5.41 Å². The molecule has 1 fully saturated rings. The molecule has 1 aliphatic heterocycles. The van der Waals surface area contributed by atoms with Crippen molar-refractivity contribution in [3.63, 3.8) is 0 Å². The highest BCUT2D eigenvalue weighted by molar-refractivity contribution is 9.09. The van der Waals surface area contributed by atoms with Crippen molar-refractivity contribution in [3.8, 4) is 0 Å². The van der Waals surface area contributed by atoms with E-state index in [9.17, 15) is 0 Å². The number of rotatable bonds is 5. The molecule has 0 amide bonds. The summed E-state index contributed by atoms with van der Waals surface area (Å²) < 4.78 is 0. The Kier molecular flexibility index (Phi) is 6.21. The Bertz CT molecular complexity index is 150. The lowest BCUT2D eigenvalue weighted by Crippen LogP contribution is -2.38. The molecule has 1 rings (SSSR count). The first-order valence-electron chi connectivity index (χ1n) is 6.54. The largest absolute Gasteiger partial charge is 0.303 e. The highest BCUT2D eigenvalue weighted by Gasteiger charge is 2.27. The summed E-state index contributed by atoms with van der Waals surface area (Å²) >= 11 is 3.71. The van der Waals surface area contributed by atoms with Gasteiger partial charge in [-0.3, -0.25) is 0 Å². The monoisotopic (exact) mass is 275 g/mol. The smallest absolute Gasteiger partial charge is 0.01000 e. The van der Waals surface area contributed by atoms with E-state index in [4.69, 9.17) is 0 Å². The SMILES string of the molecule is CCC(CC)(CBr)CN1CCCCCC1. The molecule has 0 saturated carbocycles. The first-order chi connectivity index (χ1) is 7.26. The molecule has 2 heteroatoms. The Morgan fingerprint density at radius 2 is 1.53 bits per heavy atom. The van der Waals surface area contributed by atoms with Crippen molar-refractivity contribution in [2.45, 2.75) is 52.4 Å². The summed E-state index contributed by atoms with van der Waals surface area (Å²) in [5, 5.41) is 1.16. The predicted molar refractivity (Wildman–Crippen MR) is 71.7 cm³/mol. The minimum atomic E-state index is 0.518. The van der Waals surface area contributed by atoms with Crippen molar-refractivity contribution in [2.24, 2.45) is 5.41 Å². The molecular formula is C13H26BrN. The first kappa shape index (κ1) is 13.5. The maximum absolute atomic E-state index is 3.71. The fraction of sp³-hybridized carbons (Fsp3) is 1.00. The Labute approximate surface area is 104 Å². The van der Waals surface area contributed by atoms with Crippen molar-refractivity contribution in [3.05, 3.63) is 0 Å². The van der Waals surface area contributed by atoms with Crippen LogP contribution in [0.2, 0.25) is 0 Å². The van der Waals surface area contributed by atoms with Crippen LogP contribution >= 0.6 is 15.9 Å². The second-order valence-corrected chi connectivity index (χ2v) is 5.59. The average Bonchev–Trinajstić information content (AvgIpc) is 2.54. The van der Waals surface area contributed by atoms with Gasteiger partial charge in [-0.1, -0.05) is 42.6 Å².